The Hall–Kier alpha value is -3.40. The number of benzene rings is 2. The van der Waals surface area contributed by atoms with Crippen molar-refractivity contribution in [2.24, 2.45) is 0 Å². The molecule has 8 nitrogen and oxygen atoms in total. The van der Waals surface area contributed by atoms with Gasteiger partial charge < -0.3 is 15.0 Å². The van der Waals surface area contributed by atoms with E-state index in [4.69, 9.17) is 4.74 Å². The van der Waals surface area contributed by atoms with Gasteiger partial charge in [-0.05, 0) is 86.7 Å². The Morgan fingerprint density at radius 1 is 1.05 bits per heavy atom. The van der Waals surface area contributed by atoms with E-state index in [-0.39, 0.29) is 10.8 Å². The van der Waals surface area contributed by atoms with Crippen LogP contribution in [0.2, 0.25) is 0 Å². The molecule has 4 heterocycles. The van der Waals surface area contributed by atoms with Gasteiger partial charge in [0.2, 0.25) is 0 Å². The molecule has 1 fully saturated rings. The molecule has 0 bridgehead atoms. The number of hydrogen-bond acceptors (Lipinski definition) is 5. The van der Waals surface area contributed by atoms with Crippen LogP contribution in [0.1, 0.15) is 40.1 Å². The second-order valence-electron chi connectivity index (χ2n) is 10.5. The molecular weight excluding hydrogens is 512 g/mol. The second kappa shape index (κ2) is 10.3. The molecule has 0 radical (unpaired) electrons. The van der Waals surface area contributed by atoms with Gasteiger partial charge in [0.15, 0.2) is 0 Å². The highest BCUT2D eigenvalue weighted by Crippen LogP contribution is 2.38. The average molecular weight is 547 g/mol. The standard InChI is InChI=1S/C30H34N4O4S/c1-20-24(7-5-12-33-14-16-38-17-15-33)21(2)31-28(20)19-26-25-18-23(9-10-27(25)32-30(26)35)39(36,37)34-13-11-22-6-3-4-8-29(22)34/h3-4,6,8-10,18-19,31H,5,7,11-17H2,1-2H3,(H,32,35). The van der Waals surface area contributed by atoms with Crippen LogP contribution in [0.3, 0.4) is 0 Å². The Balaban J connectivity index is 1.26. The summed E-state index contributed by atoms with van der Waals surface area (Å²) in [7, 11) is -3.77. The summed E-state index contributed by atoms with van der Waals surface area (Å²) in [6, 6.07) is 12.5. The monoisotopic (exact) mass is 546 g/mol. The molecule has 9 heteroatoms. The van der Waals surface area contributed by atoms with E-state index < -0.39 is 10.0 Å². The average Bonchev–Trinajstić information content (AvgIpc) is 3.59. The maximum atomic E-state index is 13.6. The van der Waals surface area contributed by atoms with Crippen molar-refractivity contribution in [1.29, 1.82) is 0 Å². The number of hydrogen-bond donors (Lipinski definition) is 2. The maximum Gasteiger partial charge on any atom is 0.264 e. The molecular formula is C30H34N4O4S. The Labute approximate surface area is 229 Å². The van der Waals surface area contributed by atoms with E-state index in [0.717, 1.165) is 73.9 Å². The maximum absolute atomic E-state index is 13.6. The summed E-state index contributed by atoms with van der Waals surface area (Å²) in [4.78, 5) is 19.1. The van der Waals surface area contributed by atoms with E-state index in [9.17, 15) is 13.2 Å². The SMILES string of the molecule is Cc1[nH]c(C=C2C(=O)Nc3ccc(S(=O)(=O)N4CCc5ccccc54)cc32)c(C)c1CCCN1CCOCC1. The van der Waals surface area contributed by atoms with Crippen molar-refractivity contribution in [2.75, 3.05) is 49.0 Å². The van der Waals surface area contributed by atoms with E-state index >= 15 is 0 Å². The fourth-order valence-electron chi connectivity index (χ4n) is 5.94. The molecule has 0 spiro atoms. The van der Waals surface area contributed by atoms with Gasteiger partial charge in [0.25, 0.3) is 15.9 Å². The number of carbonyl (C=O) groups excluding carboxylic acids is 1. The molecule has 6 rings (SSSR count). The highest BCUT2D eigenvalue weighted by molar-refractivity contribution is 7.92. The first-order chi connectivity index (χ1) is 18.8. The predicted molar refractivity (Wildman–Crippen MR) is 153 cm³/mol. The van der Waals surface area contributed by atoms with Crippen LogP contribution in [0, 0.1) is 13.8 Å². The highest BCUT2D eigenvalue weighted by atomic mass is 32.2. The van der Waals surface area contributed by atoms with E-state index in [2.05, 4.69) is 29.0 Å². The Kier molecular flexibility index (Phi) is 6.82. The minimum atomic E-state index is -3.77. The minimum absolute atomic E-state index is 0.184. The Morgan fingerprint density at radius 3 is 2.67 bits per heavy atom. The van der Waals surface area contributed by atoms with Crippen LogP contribution in [0.5, 0.6) is 0 Å². The fraction of sp³-hybridized carbons (Fsp3) is 0.367. The largest absolute Gasteiger partial charge is 0.379 e. The lowest BCUT2D eigenvalue weighted by Gasteiger charge is -2.26. The molecule has 1 amide bonds. The van der Waals surface area contributed by atoms with Crippen LogP contribution in [-0.2, 0) is 32.4 Å². The summed E-state index contributed by atoms with van der Waals surface area (Å²) in [5.41, 5.74) is 7.83. The molecule has 39 heavy (non-hydrogen) atoms. The van der Waals surface area contributed by atoms with Gasteiger partial charge in [0.05, 0.1) is 29.4 Å². The summed E-state index contributed by atoms with van der Waals surface area (Å²) >= 11 is 0. The zero-order valence-electron chi connectivity index (χ0n) is 22.4. The molecule has 2 N–H and O–H groups in total. The summed E-state index contributed by atoms with van der Waals surface area (Å²) < 4.78 is 34.2. The minimum Gasteiger partial charge on any atom is -0.379 e. The lowest BCUT2D eigenvalue weighted by molar-refractivity contribution is -0.110. The van der Waals surface area contributed by atoms with Crippen molar-refractivity contribution in [3.8, 4) is 0 Å². The number of amides is 1. The molecule has 3 aromatic rings. The number of H-pyrrole nitrogens is 1. The van der Waals surface area contributed by atoms with E-state index in [1.54, 1.807) is 18.2 Å². The zero-order chi connectivity index (χ0) is 27.1. The number of aryl methyl sites for hydroxylation is 1. The van der Waals surface area contributed by atoms with Crippen molar-refractivity contribution in [1.82, 2.24) is 9.88 Å². The number of anilines is 2. The number of rotatable bonds is 7. The van der Waals surface area contributed by atoms with Crippen molar-refractivity contribution in [3.05, 3.63) is 76.1 Å². The smallest absolute Gasteiger partial charge is 0.264 e. The topological polar surface area (TPSA) is 94.7 Å². The lowest BCUT2D eigenvalue weighted by Crippen LogP contribution is -2.36. The number of nitrogens with zero attached hydrogens (tertiary/aromatic N) is 2. The van der Waals surface area contributed by atoms with Crippen molar-refractivity contribution in [2.45, 2.75) is 38.0 Å². The van der Waals surface area contributed by atoms with E-state index in [1.165, 1.54) is 9.87 Å². The number of aromatic nitrogens is 1. The Morgan fingerprint density at radius 2 is 1.85 bits per heavy atom. The van der Waals surface area contributed by atoms with Crippen LogP contribution < -0.4 is 9.62 Å². The number of sulfonamides is 1. The molecule has 1 saturated heterocycles. The summed E-state index contributed by atoms with van der Waals surface area (Å²) in [6.07, 6.45) is 4.55. The number of fused-ring (bicyclic) bond motifs is 2. The third kappa shape index (κ3) is 4.79. The van der Waals surface area contributed by atoms with Gasteiger partial charge in [-0.1, -0.05) is 18.2 Å². The first-order valence-electron chi connectivity index (χ1n) is 13.6. The van der Waals surface area contributed by atoms with Gasteiger partial charge in [-0.15, -0.1) is 0 Å². The van der Waals surface area contributed by atoms with E-state index in [1.807, 2.05) is 30.3 Å². The third-order valence-electron chi connectivity index (χ3n) is 8.13. The summed E-state index contributed by atoms with van der Waals surface area (Å²) in [5, 5.41) is 2.90. The second-order valence-corrected chi connectivity index (χ2v) is 12.4. The van der Waals surface area contributed by atoms with Gasteiger partial charge in [-0.2, -0.15) is 0 Å². The number of para-hydroxylation sites is 1. The fourth-order valence-corrected chi connectivity index (χ4v) is 7.47. The van der Waals surface area contributed by atoms with Crippen molar-refractivity contribution >= 4 is 39.0 Å². The molecule has 3 aliphatic rings. The molecule has 0 atom stereocenters. The van der Waals surface area contributed by atoms with Crippen LogP contribution in [0.4, 0.5) is 11.4 Å². The summed E-state index contributed by atoms with van der Waals surface area (Å²) in [6.45, 7) is 9.18. The number of aromatic amines is 1. The predicted octanol–water partition coefficient (Wildman–Crippen LogP) is 4.14. The first kappa shape index (κ1) is 25.9. The molecule has 3 aliphatic heterocycles. The number of ether oxygens (including phenoxy) is 1. The summed E-state index contributed by atoms with van der Waals surface area (Å²) in [5.74, 6) is -0.230. The molecule has 0 unspecified atom stereocenters. The van der Waals surface area contributed by atoms with Gasteiger partial charge in [0, 0.05) is 42.3 Å². The molecule has 2 aromatic carbocycles. The Bertz CT molecular complexity index is 1570. The van der Waals surface area contributed by atoms with E-state index in [0.29, 0.717) is 29.8 Å². The lowest BCUT2D eigenvalue weighted by atomic mass is 10.0. The number of morpholine rings is 1. The highest BCUT2D eigenvalue weighted by Gasteiger charge is 2.33. The van der Waals surface area contributed by atoms with Gasteiger partial charge in [-0.25, -0.2) is 8.42 Å². The molecule has 0 saturated carbocycles. The molecule has 0 aliphatic carbocycles. The quantitative estimate of drug-likeness (QED) is 0.435. The van der Waals surface area contributed by atoms with Gasteiger partial charge in [-0.3, -0.25) is 14.0 Å². The van der Waals surface area contributed by atoms with Gasteiger partial charge in [0.1, 0.15) is 0 Å². The van der Waals surface area contributed by atoms with Crippen LogP contribution in [-0.4, -0.2) is 63.6 Å². The van der Waals surface area contributed by atoms with Crippen LogP contribution in [0.15, 0.2) is 47.4 Å². The van der Waals surface area contributed by atoms with Crippen molar-refractivity contribution in [3.63, 3.8) is 0 Å². The van der Waals surface area contributed by atoms with Crippen LogP contribution >= 0.6 is 0 Å². The van der Waals surface area contributed by atoms with Crippen LogP contribution in [0.25, 0.3) is 11.6 Å². The van der Waals surface area contributed by atoms with Gasteiger partial charge >= 0.3 is 0 Å². The zero-order valence-corrected chi connectivity index (χ0v) is 23.2. The number of carbonyl (C=O) groups is 1. The third-order valence-corrected chi connectivity index (χ3v) is 9.94. The molecule has 1 aromatic heterocycles. The van der Waals surface area contributed by atoms with Crippen molar-refractivity contribution < 1.29 is 17.9 Å². The molecule has 204 valence electrons. The normalized spacial score (nSPS) is 18.5. The number of nitrogens with one attached hydrogen (secondary N) is 2. The first-order valence-corrected chi connectivity index (χ1v) is 15.0.